The van der Waals surface area contributed by atoms with Crippen molar-refractivity contribution in [3.63, 3.8) is 0 Å². The summed E-state index contributed by atoms with van der Waals surface area (Å²) in [6.45, 7) is 1.87. The average Bonchev–Trinajstić information content (AvgIpc) is 1.27. The lowest BCUT2D eigenvalue weighted by Crippen LogP contribution is -2.30. The van der Waals surface area contributed by atoms with Crippen LogP contribution in [0.4, 0.5) is 34.1 Å². The van der Waals surface area contributed by atoms with Gasteiger partial charge in [-0.3, -0.25) is 0 Å². The van der Waals surface area contributed by atoms with Gasteiger partial charge in [0.1, 0.15) is 0 Å². The van der Waals surface area contributed by atoms with Crippen LogP contribution < -0.4 is 9.80 Å². The average molecular weight is 1060 g/mol. The van der Waals surface area contributed by atoms with Crippen LogP contribution in [0.25, 0.3) is 83.1 Å². The Morgan fingerprint density at radius 1 is 0.362 bits per heavy atom. The van der Waals surface area contributed by atoms with Gasteiger partial charge >= 0.3 is 0 Å². The molecule has 0 bridgehead atoms. The normalized spacial score (nSPS) is 19.4. The van der Waals surface area contributed by atoms with E-state index in [1.165, 1.54) is 50.8 Å². The maximum atomic E-state index is 9.79. The lowest BCUT2D eigenvalue weighted by Gasteiger charge is -2.47. The number of aromatic nitrogens is 1. The van der Waals surface area contributed by atoms with Crippen molar-refractivity contribution in [2.45, 2.75) is 32.1 Å². The van der Waals surface area contributed by atoms with Gasteiger partial charge in [0.2, 0.25) is 0 Å². The highest BCUT2D eigenvalue weighted by Gasteiger charge is 2.43. The molecule has 80 heavy (non-hydrogen) atoms. The number of hydrogen-bond acceptors (Lipinski definition) is 2. The predicted octanol–water partition coefficient (Wildman–Crippen LogP) is 21.2. The largest absolute Gasteiger partial charge is 0.309 e. The molecule has 3 heteroatoms. The Bertz CT molecular complexity index is 6220. The Morgan fingerprint density at radius 3 is 1.27 bits per heavy atom. The Balaban J connectivity index is 1.24. The first-order valence-electron chi connectivity index (χ1n) is 42.9. The van der Waals surface area contributed by atoms with Crippen LogP contribution in [0.5, 0.6) is 0 Å². The molecule has 13 aromatic rings. The first-order chi connectivity index (χ1) is 54.2. The first kappa shape index (κ1) is 23.6. The third kappa shape index (κ3) is 7.80. The molecule has 0 fully saturated rings. The molecule has 380 valence electrons. The van der Waals surface area contributed by atoms with E-state index in [0.29, 0.717) is 18.4 Å². The van der Waals surface area contributed by atoms with Gasteiger partial charge in [-0.05, 0) is 111 Å². The summed E-state index contributed by atoms with van der Waals surface area (Å²) in [4.78, 5) is 2.91. The second kappa shape index (κ2) is 19.8. The third-order valence-electron chi connectivity index (χ3n) is 14.5. The molecule has 12 aromatic carbocycles. The van der Waals surface area contributed by atoms with Gasteiger partial charge in [-0.2, -0.15) is 0 Å². The maximum Gasteiger partial charge on any atom is 0.0645 e. The summed E-state index contributed by atoms with van der Waals surface area (Å²) in [5.74, 6) is -1.44. The quantitative estimate of drug-likeness (QED) is 0.128. The van der Waals surface area contributed by atoms with Gasteiger partial charge in [0.15, 0.2) is 0 Å². The van der Waals surface area contributed by atoms with Crippen molar-refractivity contribution in [1.29, 1.82) is 0 Å². The van der Waals surface area contributed by atoms with E-state index in [1.54, 1.807) is 12.1 Å². The maximum absolute atomic E-state index is 9.79. The van der Waals surface area contributed by atoms with Gasteiger partial charge in [-0.1, -0.05) is 249 Å². The Hall–Kier alpha value is -9.96. The Morgan fingerprint density at radius 2 is 0.800 bits per heavy atom. The molecule has 1 aromatic heterocycles. The molecule has 15 rings (SSSR count). The molecular weight excluding hydrogens is 967 g/mol. The van der Waals surface area contributed by atoms with Crippen molar-refractivity contribution in [1.82, 2.24) is 4.57 Å². The number of nitrogens with zero attached hydrogens (tertiary/aromatic N) is 3. The number of anilines is 6. The van der Waals surface area contributed by atoms with Crippen LogP contribution in [-0.4, -0.2) is 4.57 Å². The van der Waals surface area contributed by atoms with Crippen molar-refractivity contribution in [3.05, 3.63) is 307 Å². The highest BCUT2D eigenvalue weighted by molar-refractivity contribution is 6.10. The molecule has 2 aliphatic heterocycles. The smallest absolute Gasteiger partial charge is 0.0645 e. The Kier molecular flexibility index (Phi) is 5.83. The first-order valence-corrected chi connectivity index (χ1v) is 25.4. The van der Waals surface area contributed by atoms with E-state index in [2.05, 4.69) is 0 Å². The predicted molar refractivity (Wildman–Crippen MR) is 337 cm³/mol. The zero-order valence-electron chi connectivity index (χ0n) is 77.0. The van der Waals surface area contributed by atoms with Crippen LogP contribution in [0.2, 0.25) is 0 Å². The van der Waals surface area contributed by atoms with Gasteiger partial charge in [0, 0.05) is 50.2 Å². The number of aryl methyl sites for hydroxylation is 1. The van der Waals surface area contributed by atoms with Crippen molar-refractivity contribution in [3.8, 4) is 61.3 Å². The van der Waals surface area contributed by atoms with Gasteiger partial charge in [-0.15, -0.1) is 0 Å². The second-order valence-electron chi connectivity index (χ2n) is 18.8. The molecular formula is C77H57N3. The van der Waals surface area contributed by atoms with E-state index in [-0.39, 0.29) is 90.2 Å². The lowest BCUT2D eigenvalue weighted by atomic mass is 9.74. The van der Waals surface area contributed by atoms with Gasteiger partial charge in [0.25, 0.3) is 0 Å². The summed E-state index contributed by atoms with van der Waals surface area (Å²) in [7, 11) is 0. The van der Waals surface area contributed by atoms with Crippen molar-refractivity contribution >= 4 is 55.9 Å². The third-order valence-corrected chi connectivity index (χ3v) is 14.5. The van der Waals surface area contributed by atoms with Crippen LogP contribution in [0.1, 0.15) is 95.9 Å². The fourth-order valence-corrected chi connectivity index (χ4v) is 11.2. The molecule has 2 aliphatic rings. The number of rotatable bonds is 11. The lowest BCUT2D eigenvalue weighted by molar-refractivity contribution is 0.792. The summed E-state index contributed by atoms with van der Waals surface area (Å²) < 4.78 is 327. The van der Waals surface area contributed by atoms with Crippen LogP contribution in [0.15, 0.2) is 284 Å². The van der Waals surface area contributed by atoms with Gasteiger partial charge in [-0.25, -0.2) is 0 Å². The van der Waals surface area contributed by atoms with Gasteiger partial charge < -0.3 is 14.4 Å². The zero-order chi connectivity index (χ0) is 83.6. The molecule has 0 saturated carbocycles. The fraction of sp³-hybridized carbons (Fsp3) is 0.0649. The van der Waals surface area contributed by atoms with Gasteiger partial charge in [0.05, 0.1) is 93.1 Å². The summed E-state index contributed by atoms with van der Waals surface area (Å²) in [5, 5.41) is -0.719. The highest BCUT2D eigenvalue weighted by atomic mass is 15.2. The molecule has 0 N–H and O–H groups in total. The topological polar surface area (TPSA) is 11.4 Å². The van der Waals surface area contributed by atoms with E-state index >= 15 is 0 Å². The molecule has 0 saturated heterocycles. The Labute approximate surface area is 517 Å². The SMILES string of the molecule is [2H]c1cc(-c2c([2H])c([2H])c([2H])c([2H])c2[2H])c(N2c3ccc(-c4c([2H])c([2H])c([2H])c([2H])c4[2H])cc3C3c4ccc(-n5c6c([2H])c([2H])c([2H])c([2H])c6c6c([2H])c([2H])c([2H])c([2H])c65)cc4N(c4c(-c5c([2H])c([2H])c([2H])c([2H])c5[2H])cc([2H])cc4-c4c([2H])c([2H])c([2H])c([2H])c4[2H])c4cc(CCCC)cc2c43)c(-c2c([2H])c([2H])c([2H])c([2H])c2[2H])c1. The zero-order valence-corrected chi connectivity index (χ0v) is 42.0. The minimum Gasteiger partial charge on any atom is -0.309 e. The number of benzene rings is 12. The number of fused-ring (bicyclic) bond motifs is 7. The standard InChI is InChI=1S/C77H57N3/c1-2-3-25-52-48-72-75-73(49-52)80(77-62(56-32-15-7-16-33-56)40-24-41-63(77)57-34-17-8-18-35-57)71-51-59(78-68-42-21-19-36-64(68)65-37-20-22-43-69(65)78)45-46-66(71)74(75)67-50-58(53-26-9-4-10-27-53)44-47-70(67)79(72)76-60(54-28-11-5-12-29-54)38-23-39-61(76)55-30-13-6-14-31-55/h4-24,26-51,74H,2-3,25H2,1H3/i4D,5D,6D,7D,8D,9D,10D,11D,12D,13D,14D,15D,16D,17D,18D,19D,20D,21D,22D,23D,24D,26D,27D,28D,29D,30D,31D,32D,33D,34D,35D,36D,37D,42D,43D. The van der Waals surface area contributed by atoms with E-state index < -0.39 is 268 Å². The highest BCUT2D eigenvalue weighted by Crippen LogP contribution is 2.64. The summed E-state index contributed by atoms with van der Waals surface area (Å²) in [6.07, 6.45) is 0.928. The summed E-state index contributed by atoms with van der Waals surface area (Å²) in [6, 6.07) is -11.9. The summed E-state index contributed by atoms with van der Waals surface area (Å²) >= 11 is 0. The van der Waals surface area contributed by atoms with E-state index in [0.717, 1.165) is 24.3 Å². The molecule has 3 nitrogen and oxygen atoms in total. The minimum absolute atomic E-state index is 0.00317. The number of para-hydroxylation sites is 4. The van der Waals surface area contributed by atoms with Crippen LogP contribution in [-0.2, 0) is 6.42 Å². The van der Waals surface area contributed by atoms with E-state index in [4.69, 9.17) is 20.6 Å². The molecule has 1 unspecified atom stereocenters. The fourth-order valence-electron chi connectivity index (χ4n) is 11.2. The van der Waals surface area contributed by atoms with Crippen LogP contribution in [0, 0.1) is 0 Å². The minimum atomic E-state index is -1.44. The van der Waals surface area contributed by atoms with E-state index in [9.17, 15) is 27.4 Å². The molecule has 1 atom stereocenters. The monoisotopic (exact) mass is 1060 g/mol. The van der Waals surface area contributed by atoms with Crippen molar-refractivity contribution in [2.24, 2.45) is 0 Å². The molecule has 0 aliphatic carbocycles. The van der Waals surface area contributed by atoms with Crippen LogP contribution in [0.3, 0.4) is 0 Å². The molecule has 3 heterocycles. The molecule has 0 amide bonds. The van der Waals surface area contributed by atoms with Crippen molar-refractivity contribution in [2.75, 3.05) is 9.80 Å². The van der Waals surface area contributed by atoms with Crippen molar-refractivity contribution < 1.29 is 48.0 Å². The number of unbranched alkanes of at least 4 members (excludes halogenated alkanes) is 1. The second-order valence-corrected chi connectivity index (χ2v) is 18.8. The molecule has 0 radical (unpaired) electrons. The summed E-state index contributed by atoms with van der Waals surface area (Å²) in [5.41, 5.74) is -6.00. The van der Waals surface area contributed by atoms with Crippen LogP contribution >= 0.6 is 0 Å². The molecule has 0 spiro atoms. The van der Waals surface area contributed by atoms with E-state index in [1.807, 2.05) is 6.92 Å². The number of hydrogen-bond donors (Lipinski definition) is 0.